The predicted molar refractivity (Wildman–Crippen MR) is 295 cm³/mol. The van der Waals surface area contributed by atoms with Gasteiger partial charge in [0.05, 0.1) is 30.5 Å². The second-order valence-electron chi connectivity index (χ2n) is 20.1. The SMILES string of the molecule is CC(C)c1cc(-c2ccccc2)cc(C(C)C)c1-n1c(-c2[c-]ccc3c2oc2cc4c(cc23)Oc2ccccc2B4c2ccccc2)nc2ccccc21.C[Si](C)(C)c1ccnc(-c2[c-]cc(F)cc2)c1.[Ir]. The maximum atomic E-state index is 12.8. The van der Waals surface area contributed by atoms with Crippen LogP contribution < -0.4 is 26.3 Å². The van der Waals surface area contributed by atoms with Gasteiger partial charge in [-0.15, -0.1) is 48.0 Å². The second-order valence-corrected chi connectivity index (χ2v) is 25.2. The molecule has 0 spiro atoms. The summed E-state index contributed by atoms with van der Waals surface area (Å²) in [6, 6.07) is 66.5. The molecule has 0 saturated heterocycles. The van der Waals surface area contributed by atoms with Crippen LogP contribution in [0, 0.1) is 17.9 Å². The fourth-order valence-corrected chi connectivity index (χ4v) is 11.2. The number of pyridine rings is 1. The van der Waals surface area contributed by atoms with Gasteiger partial charge < -0.3 is 18.7 Å². The molecule has 0 fully saturated rings. The van der Waals surface area contributed by atoms with Crippen molar-refractivity contribution in [1.82, 2.24) is 14.5 Å². The van der Waals surface area contributed by atoms with E-state index in [1.54, 1.807) is 6.07 Å². The number of nitrogens with zero attached hydrogens (tertiary/aromatic N) is 3. The van der Waals surface area contributed by atoms with E-state index in [0.29, 0.717) is 0 Å². The van der Waals surface area contributed by atoms with Gasteiger partial charge in [-0.2, -0.15) is 0 Å². The van der Waals surface area contributed by atoms with Gasteiger partial charge in [0.25, 0.3) is 6.71 Å². The minimum absolute atomic E-state index is 0. The van der Waals surface area contributed by atoms with Crippen LogP contribution in [0.15, 0.2) is 187 Å². The monoisotopic (exact) mass is 1130 g/mol. The third-order valence-corrected chi connectivity index (χ3v) is 15.7. The molecule has 9 heteroatoms. The molecule has 0 aliphatic carbocycles. The van der Waals surface area contributed by atoms with Crippen LogP contribution in [-0.4, -0.2) is 29.3 Å². The predicted octanol–water partition coefficient (Wildman–Crippen LogP) is 14.2. The van der Waals surface area contributed by atoms with Gasteiger partial charge in [-0.1, -0.05) is 166 Å². The van der Waals surface area contributed by atoms with Crippen molar-refractivity contribution >= 4 is 69.3 Å². The number of furan rings is 1. The summed E-state index contributed by atoms with van der Waals surface area (Å²) in [5.74, 6) is 2.79. The number of rotatable bonds is 8. The van der Waals surface area contributed by atoms with Crippen LogP contribution in [0.25, 0.3) is 72.4 Å². The van der Waals surface area contributed by atoms with Gasteiger partial charge in [-0.3, -0.25) is 9.37 Å². The largest absolute Gasteiger partial charge is 0.501 e. The van der Waals surface area contributed by atoms with Gasteiger partial charge in [0, 0.05) is 43.2 Å². The van der Waals surface area contributed by atoms with Crippen molar-refractivity contribution in [3.05, 3.63) is 211 Å². The fourth-order valence-electron chi connectivity index (χ4n) is 10.0. The van der Waals surface area contributed by atoms with Crippen molar-refractivity contribution in [2.75, 3.05) is 0 Å². The maximum Gasteiger partial charge on any atom is 0.251 e. The van der Waals surface area contributed by atoms with Crippen LogP contribution in [-0.2, 0) is 20.1 Å². The second kappa shape index (κ2) is 19.8. The third kappa shape index (κ3) is 9.06. The Hall–Kier alpha value is -7.16. The first kappa shape index (κ1) is 48.5. The van der Waals surface area contributed by atoms with E-state index < -0.39 is 8.07 Å². The Balaban J connectivity index is 0.000000282. The molecule has 8 aromatic carbocycles. The molecule has 0 atom stereocenters. The first-order chi connectivity index (χ1) is 34.4. The molecule has 12 rings (SSSR count). The Bertz CT molecular complexity index is 3720. The molecule has 1 aliphatic rings. The van der Waals surface area contributed by atoms with Gasteiger partial charge in [0.15, 0.2) is 0 Å². The summed E-state index contributed by atoms with van der Waals surface area (Å²) in [5.41, 5.74) is 15.7. The summed E-state index contributed by atoms with van der Waals surface area (Å²) in [7, 11) is -1.34. The molecule has 0 unspecified atom stereocenters. The van der Waals surface area contributed by atoms with E-state index in [2.05, 4.69) is 215 Å². The summed E-state index contributed by atoms with van der Waals surface area (Å²) in [5, 5.41) is 3.36. The van der Waals surface area contributed by atoms with E-state index in [4.69, 9.17) is 14.1 Å². The molecular formula is C63H53BFIrN3O2Si-2. The van der Waals surface area contributed by atoms with Gasteiger partial charge in [-0.25, -0.2) is 0 Å². The molecule has 1 radical (unpaired) electrons. The summed E-state index contributed by atoms with van der Waals surface area (Å²) in [6.45, 7) is 16.0. The number of aromatic nitrogens is 3. The molecule has 11 aromatic rings. The van der Waals surface area contributed by atoms with Crippen molar-refractivity contribution < 1.29 is 33.6 Å². The molecule has 0 N–H and O–H groups in total. The Morgan fingerprint density at radius 2 is 1.35 bits per heavy atom. The number of hydrogen-bond acceptors (Lipinski definition) is 4. The van der Waals surface area contributed by atoms with Crippen molar-refractivity contribution in [3.63, 3.8) is 0 Å². The fraction of sp³-hybridized carbons (Fsp3) is 0.143. The Labute approximate surface area is 436 Å². The van der Waals surface area contributed by atoms with Crippen molar-refractivity contribution in [3.8, 4) is 51.0 Å². The minimum atomic E-state index is -1.34. The van der Waals surface area contributed by atoms with Gasteiger partial charge in [0.2, 0.25) is 0 Å². The standard InChI is InChI=1S/C49H38BN2O2.C14H15FNSi.Ir/c1-30(2)37-26-33(32-16-7-5-8-17-32)27-38(31(3)4)47(37)52-43-24-13-12-23-42(43)51-49(52)36-21-15-20-35-39-28-46-41(29-45(39)54-48(35)36)50(34-18-9-6-10-19-34)40-22-11-14-25-44(40)53-46;1-17(2,3)13-8-9-16-14(10-13)11-4-6-12(15)7-5-11;/h5-20,22-31H,1-4H3;4,6-10H,1-3H3;/q2*-1;. The van der Waals surface area contributed by atoms with Crippen LogP contribution in [0.2, 0.25) is 19.6 Å². The Morgan fingerprint density at radius 3 is 2.06 bits per heavy atom. The topological polar surface area (TPSA) is 53.1 Å². The molecule has 4 heterocycles. The molecule has 3 aromatic heterocycles. The Kier molecular flexibility index (Phi) is 13.3. The summed E-state index contributed by atoms with van der Waals surface area (Å²) >= 11 is 0. The number of ether oxygens (including phenoxy) is 1. The molecule has 5 nitrogen and oxygen atoms in total. The van der Waals surface area contributed by atoms with Crippen molar-refractivity contribution in [2.24, 2.45) is 0 Å². The molecule has 72 heavy (non-hydrogen) atoms. The zero-order valence-corrected chi connectivity index (χ0v) is 44.8. The number of fused-ring (bicyclic) bond motifs is 6. The number of halogens is 1. The zero-order valence-electron chi connectivity index (χ0n) is 41.4. The van der Waals surface area contributed by atoms with Crippen LogP contribution in [0.4, 0.5) is 4.39 Å². The third-order valence-electron chi connectivity index (χ3n) is 13.7. The van der Waals surface area contributed by atoms with E-state index in [1.807, 2.05) is 18.3 Å². The number of imidazole rings is 1. The average Bonchev–Trinajstić information content (AvgIpc) is 3.95. The van der Waals surface area contributed by atoms with Crippen molar-refractivity contribution in [1.29, 1.82) is 0 Å². The zero-order chi connectivity index (χ0) is 49.0. The average molecular weight is 1130 g/mol. The van der Waals surface area contributed by atoms with E-state index in [9.17, 15) is 4.39 Å². The van der Waals surface area contributed by atoms with Crippen LogP contribution in [0.1, 0.15) is 50.7 Å². The molecule has 0 saturated carbocycles. The van der Waals surface area contributed by atoms with Crippen LogP contribution in [0.5, 0.6) is 11.5 Å². The summed E-state index contributed by atoms with van der Waals surface area (Å²) in [6.07, 6.45) is 1.82. The number of benzene rings is 8. The van der Waals surface area contributed by atoms with Gasteiger partial charge in [-0.05, 0) is 99.2 Å². The van der Waals surface area contributed by atoms with Gasteiger partial charge >= 0.3 is 0 Å². The van der Waals surface area contributed by atoms with Crippen LogP contribution >= 0.6 is 0 Å². The summed E-state index contributed by atoms with van der Waals surface area (Å²) in [4.78, 5) is 9.69. The smallest absolute Gasteiger partial charge is 0.251 e. The van der Waals surface area contributed by atoms with Crippen LogP contribution in [0.3, 0.4) is 0 Å². The number of hydrogen-bond donors (Lipinski definition) is 0. The first-order valence-corrected chi connectivity index (χ1v) is 28.0. The molecule has 0 amide bonds. The van der Waals surface area contributed by atoms with E-state index >= 15 is 0 Å². The van der Waals surface area contributed by atoms with Gasteiger partial charge in [0.1, 0.15) is 17.1 Å². The molecular weight excluding hydrogens is 1080 g/mol. The quantitative estimate of drug-likeness (QED) is 0.112. The summed E-state index contributed by atoms with van der Waals surface area (Å²) < 4.78 is 28.8. The van der Waals surface area contributed by atoms with E-state index in [1.165, 1.54) is 50.7 Å². The maximum absolute atomic E-state index is 12.8. The minimum Gasteiger partial charge on any atom is -0.501 e. The molecule has 1 aliphatic heterocycles. The first-order valence-electron chi connectivity index (χ1n) is 24.5. The van der Waals surface area contributed by atoms with E-state index in [-0.39, 0.29) is 44.5 Å². The molecule has 357 valence electrons. The van der Waals surface area contributed by atoms with Crippen molar-refractivity contribution in [2.45, 2.75) is 59.2 Å². The molecule has 0 bridgehead atoms. The Morgan fingerprint density at radius 1 is 0.653 bits per heavy atom. The number of para-hydroxylation sites is 3. The normalized spacial score (nSPS) is 12.1. The van der Waals surface area contributed by atoms with E-state index in [0.717, 1.165) is 78.0 Å².